The van der Waals surface area contributed by atoms with E-state index >= 15 is 0 Å². The SMILES string of the molecule is Cc1cnc(OCC2CCCCN2C)c(Br)c1. The number of rotatable bonds is 3. The third kappa shape index (κ3) is 3.42. The van der Waals surface area contributed by atoms with E-state index in [0.717, 1.165) is 16.6 Å². The van der Waals surface area contributed by atoms with Crippen molar-refractivity contribution in [3.05, 3.63) is 22.3 Å². The molecule has 1 fully saturated rings. The summed E-state index contributed by atoms with van der Waals surface area (Å²) in [4.78, 5) is 6.68. The van der Waals surface area contributed by atoms with E-state index in [9.17, 15) is 0 Å². The molecule has 0 aromatic carbocycles. The van der Waals surface area contributed by atoms with Crippen LogP contribution in [-0.4, -0.2) is 36.1 Å². The minimum atomic E-state index is 0.527. The lowest BCUT2D eigenvalue weighted by Crippen LogP contribution is -2.40. The summed E-state index contributed by atoms with van der Waals surface area (Å²) in [6, 6.07) is 2.56. The zero-order valence-electron chi connectivity index (χ0n) is 10.4. The zero-order valence-corrected chi connectivity index (χ0v) is 12.0. The second kappa shape index (κ2) is 5.83. The van der Waals surface area contributed by atoms with E-state index in [-0.39, 0.29) is 0 Å². The predicted molar refractivity (Wildman–Crippen MR) is 72.4 cm³/mol. The second-order valence-corrected chi connectivity index (χ2v) is 5.60. The number of halogens is 1. The molecule has 1 atom stereocenters. The van der Waals surface area contributed by atoms with Crippen molar-refractivity contribution in [1.29, 1.82) is 0 Å². The van der Waals surface area contributed by atoms with Crippen molar-refractivity contribution in [2.24, 2.45) is 0 Å². The number of aryl methyl sites for hydroxylation is 1. The number of hydrogen-bond acceptors (Lipinski definition) is 3. The largest absolute Gasteiger partial charge is 0.475 e. The number of aromatic nitrogens is 1. The van der Waals surface area contributed by atoms with E-state index in [0.29, 0.717) is 11.9 Å². The molecular formula is C13H19BrN2O. The van der Waals surface area contributed by atoms with Crippen molar-refractivity contribution in [3.63, 3.8) is 0 Å². The quantitative estimate of drug-likeness (QED) is 0.858. The minimum absolute atomic E-state index is 0.527. The highest BCUT2D eigenvalue weighted by molar-refractivity contribution is 9.10. The summed E-state index contributed by atoms with van der Waals surface area (Å²) in [7, 11) is 2.17. The zero-order chi connectivity index (χ0) is 12.3. The van der Waals surface area contributed by atoms with E-state index in [4.69, 9.17) is 4.74 Å². The van der Waals surface area contributed by atoms with Crippen LogP contribution in [0.2, 0.25) is 0 Å². The number of nitrogens with zero attached hydrogens (tertiary/aromatic N) is 2. The Kier molecular flexibility index (Phi) is 4.40. The lowest BCUT2D eigenvalue weighted by molar-refractivity contribution is 0.122. The maximum absolute atomic E-state index is 5.80. The van der Waals surface area contributed by atoms with Gasteiger partial charge in [0.2, 0.25) is 5.88 Å². The van der Waals surface area contributed by atoms with Crippen LogP contribution in [0.5, 0.6) is 5.88 Å². The topological polar surface area (TPSA) is 25.4 Å². The van der Waals surface area contributed by atoms with Crippen molar-refractivity contribution in [3.8, 4) is 5.88 Å². The van der Waals surface area contributed by atoms with E-state index in [1.165, 1.54) is 25.8 Å². The molecule has 0 amide bonds. The van der Waals surface area contributed by atoms with Gasteiger partial charge in [0.1, 0.15) is 6.61 Å². The van der Waals surface area contributed by atoms with Gasteiger partial charge >= 0.3 is 0 Å². The predicted octanol–water partition coefficient (Wildman–Crippen LogP) is 3.02. The minimum Gasteiger partial charge on any atom is -0.475 e. The summed E-state index contributed by atoms with van der Waals surface area (Å²) in [5.41, 5.74) is 1.14. The molecule has 2 rings (SSSR count). The molecule has 0 aliphatic carbocycles. The lowest BCUT2D eigenvalue weighted by atomic mass is 10.0. The smallest absolute Gasteiger partial charge is 0.228 e. The van der Waals surface area contributed by atoms with Gasteiger partial charge in [0.05, 0.1) is 4.47 Å². The highest BCUT2D eigenvalue weighted by Crippen LogP contribution is 2.24. The van der Waals surface area contributed by atoms with Gasteiger partial charge in [-0.15, -0.1) is 0 Å². The van der Waals surface area contributed by atoms with Gasteiger partial charge in [0.25, 0.3) is 0 Å². The molecule has 1 aliphatic heterocycles. The molecule has 1 aromatic rings. The average Bonchev–Trinajstić information content (AvgIpc) is 2.30. The maximum Gasteiger partial charge on any atom is 0.228 e. The molecule has 1 aromatic heterocycles. The van der Waals surface area contributed by atoms with E-state index < -0.39 is 0 Å². The monoisotopic (exact) mass is 298 g/mol. The Morgan fingerprint density at radius 3 is 3.06 bits per heavy atom. The first-order chi connectivity index (χ1) is 8.16. The fourth-order valence-corrected chi connectivity index (χ4v) is 2.73. The van der Waals surface area contributed by atoms with Gasteiger partial charge < -0.3 is 9.64 Å². The molecule has 1 aliphatic rings. The summed E-state index contributed by atoms with van der Waals surface area (Å²) >= 11 is 3.49. The fourth-order valence-electron chi connectivity index (χ4n) is 2.16. The van der Waals surface area contributed by atoms with Crippen molar-refractivity contribution >= 4 is 15.9 Å². The Bertz CT molecular complexity index is 384. The summed E-state index contributed by atoms with van der Waals surface area (Å²) in [6.07, 6.45) is 5.67. The number of likely N-dealkylation sites (tertiary alicyclic amines) is 1. The summed E-state index contributed by atoms with van der Waals surface area (Å²) in [6.45, 7) is 3.93. The van der Waals surface area contributed by atoms with Crippen LogP contribution in [0.25, 0.3) is 0 Å². The Morgan fingerprint density at radius 2 is 2.35 bits per heavy atom. The van der Waals surface area contributed by atoms with Crippen LogP contribution in [0, 0.1) is 6.92 Å². The molecule has 17 heavy (non-hydrogen) atoms. The average molecular weight is 299 g/mol. The molecule has 3 nitrogen and oxygen atoms in total. The number of pyridine rings is 1. The molecule has 1 unspecified atom stereocenters. The van der Waals surface area contributed by atoms with Gasteiger partial charge in [0.15, 0.2) is 0 Å². The Balaban J connectivity index is 1.92. The van der Waals surface area contributed by atoms with Crippen LogP contribution in [0.4, 0.5) is 0 Å². The molecule has 0 spiro atoms. The molecule has 0 N–H and O–H groups in total. The maximum atomic E-state index is 5.80. The number of likely N-dealkylation sites (N-methyl/N-ethyl adjacent to an activating group) is 1. The summed E-state index contributed by atoms with van der Waals surface area (Å²) in [5, 5.41) is 0. The van der Waals surface area contributed by atoms with Crippen LogP contribution in [0.3, 0.4) is 0 Å². The molecule has 0 saturated carbocycles. The molecule has 2 heterocycles. The third-order valence-corrected chi connectivity index (χ3v) is 3.85. The highest BCUT2D eigenvalue weighted by Gasteiger charge is 2.19. The highest BCUT2D eigenvalue weighted by atomic mass is 79.9. The van der Waals surface area contributed by atoms with Crippen molar-refractivity contribution in [1.82, 2.24) is 9.88 Å². The third-order valence-electron chi connectivity index (χ3n) is 3.28. The normalized spacial score (nSPS) is 21.5. The van der Waals surface area contributed by atoms with Crippen LogP contribution in [-0.2, 0) is 0 Å². The van der Waals surface area contributed by atoms with Crippen molar-refractivity contribution in [2.45, 2.75) is 32.2 Å². The molecule has 94 valence electrons. The second-order valence-electron chi connectivity index (χ2n) is 4.74. The van der Waals surface area contributed by atoms with Crippen LogP contribution in [0.1, 0.15) is 24.8 Å². The van der Waals surface area contributed by atoms with Gasteiger partial charge in [-0.1, -0.05) is 6.42 Å². The number of ether oxygens (including phenoxy) is 1. The lowest BCUT2D eigenvalue weighted by Gasteiger charge is -2.32. The molecular weight excluding hydrogens is 280 g/mol. The fraction of sp³-hybridized carbons (Fsp3) is 0.615. The Morgan fingerprint density at radius 1 is 1.53 bits per heavy atom. The van der Waals surface area contributed by atoms with Crippen LogP contribution >= 0.6 is 15.9 Å². The van der Waals surface area contributed by atoms with Crippen LogP contribution < -0.4 is 4.74 Å². The van der Waals surface area contributed by atoms with Gasteiger partial charge in [-0.3, -0.25) is 0 Å². The van der Waals surface area contributed by atoms with E-state index in [2.05, 4.69) is 32.9 Å². The van der Waals surface area contributed by atoms with Gasteiger partial charge in [-0.05, 0) is 60.9 Å². The van der Waals surface area contributed by atoms with Gasteiger partial charge in [-0.2, -0.15) is 0 Å². The first-order valence-corrected chi connectivity index (χ1v) is 6.91. The van der Waals surface area contributed by atoms with Crippen LogP contribution in [0.15, 0.2) is 16.7 Å². The Labute approximate surface area is 111 Å². The van der Waals surface area contributed by atoms with E-state index in [1.54, 1.807) is 0 Å². The van der Waals surface area contributed by atoms with Crippen molar-refractivity contribution in [2.75, 3.05) is 20.2 Å². The number of hydrogen-bond donors (Lipinski definition) is 0. The van der Waals surface area contributed by atoms with Gasteiger partial charge in [-0.25, -0.2) is 4.98 Å². The first kappa shape index (κ1) is 12.8. The molecule has 0 radical (unpaired) electrons. The summed E-state index contributed by atoms with van der Waals surface area (Å²) < 4.78 is 6.74. The Hall–Kier alpha value is -0.610. The van der Waals surface area contributed by atoms with Crippen molar-refractivity contribution < 1.29 is 4.74 Å². The molecule has 1 saturated heterocycles. The number of piperidine rings is 1. The van der Waals surface area contributed by atoms with Gasteiger partial charge in [0, 0.05) is 12.2 Å². The molecule has 4 heteroatoms. The first-order valence-electron chi connectivity index (χ1n) is 6.12. The molecule has 0 bridgehead atoms. The summed E-state index contributed by atoms with van der Waals surface area (Å²) in [5.74, 6) is 0.703. The van der Waals surface area contributed by atoms with E-state index in [1.807, 2.05) is 19.2 Å². The standard InChI is InChI=1S/C13H19BrN2O/c1-10-7-12(14)13(15-8-10)17-9-11-5-3-4-6-16(11)2/h7-8,11H,3-6,9H2,1-2H3.